The van der Waals surface area contributed by atoms with Gasteiger partial charge in [0, 0.05) is 18.9 Å². The van der Waals surface area contributed by atoms with Crippen molar-refractivity contribution in [1.82, 2.24) is 0 Å². The van der Waals surface area contributed by atoms with Crippen LogP contribution in [0, 0.1) is 5.92 Å². The fraction of sp³-hybridized carbons (Fsp3) is 1.00. The second kappa shape index (κ2) is 4.24. The number of ether oxygens (including phenoxy) is 1. The number of aliphatic hydroxyl groups is 1. The third-order valence-corrected chi connectivity index (χ3v) is 2.57. The van der Waals surface area contributed by atoms with E-state index in [2.05, 4.69) is 6.92 Å². The summed E-state index contributed by atoms with van der Waals surface area (Å²) in [6, 6.07) is 0. The normalized spacial score (nSPS) is 33.8. The highest BCUT2D eigenvalue weighted by molar-refractivity contribution is 4.95. The van der Waals surface area contributed by atoms with Crippen LogP contribution in [0.2, 0.25) is 0 Å². The van der Waals surface area contributed by atoms with Gasteiger partial charge in [0.05, 0.1) is 0 Å². The van der Waals surface area contributed by atoms with Crippen LogP contribution in [0.25, 0.3) is 0 Å². The topological polar surface area (TPSA) is 29.5 Å². The van der Waals surface area contributed by atoms with E-state index >= 15 is 0 Å². The van der Waals surface area contributed by atoms with Crippen molar-refractivity contribution in [2.24, 2.45) is 5.92 Å². The Balaban J connectivity index is 2.06. The molecule has 0 radical (unpaired) electrons. The smallest absolute Gasteiger partial charge is 0.168 e. The predicted molar refractivity (Wildman–Crippen MR) is 48.8 cm³/mol. The molecule has 0 heterocycles. The lowest BCUT2D eigenvalue weighted by Gasteiger charge is -2.09. The SMILES string of the molecule is CCCCCC1CC1(O)OCC. The Morgan fingerprint density at radius 2 is 2.17 bits per heavy atom. The Morgan fingerprint density at radius 1 is 1.42 bits per heavy atom. The van der Waals surface area contributed by atoms with E-state index in [1.807, 2.05) is 6.92 Å². The maximum atomic E-state index is 9.67. The van der Waals surface area contributed by atoms with Crippen molar-refractivity contribution in [2.75, 3.05) is 6.61 Å². The summed E-state index contributed by atoms with van der Waals surface area (Å²) in [5.74, 6) is -0.313. The maximum absolute atomic E-state index is 9.67. The number of hydrogen-bond donors (Lipinski definition) is 1. The van der Waals surface area contributed by atoms with Crippen molar-refractivity contribution in [3.8, 4) is 0 Å². The van der Waals surface area contributed by atoms with E-state index in [0.29, 0.717) is 12.5 Å². The first-order chi connectivity index (χ1) is 5.73. The fourth-order valence-electron chi connectivity index (χ4n) is 1.69. The molecule has 2 nitrogen and oxygen atoms in total. The molecule has 72 valence electrons. The van der Waals surface area contributed by atoms with Gasteiger partial charge in [-0.3, -0.25) is 0 Å². The first-order valence-corrected chi connectivity index (χ1v) is 5.09. The summed E-state index contributed by atoms with van der Waals surface area (Å²) in [5.41, 5.74) is 0. The number of hydrogen-bond acceptors (Lipinski definition) is 2. The summed E-state index contributed by atoms with van der Waals surface area (Å²) in [6.45, 7) is 4.75. The molecule has 1 rings (SSSR count). The lowest BCUT2D eigenvalue weighted by molar-refractivity contribution is -0.133. The highest BCUT2D eigenvalue weighted by Gasteiger charge is 2.53. The fourth-order valence-corrected chi connectivity index (χ4v) is 1.69. The van der Waals surface area contributed by atoms with Crippen molar-refractivity contribution in [1.29, 1.82) is 0 Å². The molecule has 0 aliphatic heterocycles. The molecular weight excluding hydrogens is 152 g/mol. The Labute approximate surface area is 74.9 Å². The molecule has 1 aliphatic carbocycles. The van der Waals surface area contributed by atoms with Crippen molar-refractivity contribution in [2.45, 2.75) is 51.7 Å². The van der Waals surface area contributed by atoms with Crippen molar-refractivity contribution in [3.05, 3.63) is 0 Å². The Hall–Kier alpha value is -0.0800. The van der Waals surface area contributed by atoms with Gasteiger partial charge < -0.3 is 9.84 Å². The molecule has 0 aromatic carbocycles. The molecule has 1 saturated carbocycles. The molecule has 2 unspecified atom stereocenters. The third-order valence-electron chi connectivity index (χ3n) is 2.57. The van der Waals surface area contributed by atoms with E-state index in [1.54, 1.807) is 0 Å². The lowest BCUT2D eigenvalue weighted by atomic mass is 10.1. The summed E-state index contributed by atoms with van der Waals surface area (Å²) in [4.78, 5) is 0. The summed E-state index contributed by atoms with van der Waals surface area (Å²) in [5, 5.41) is 9.67. The van der Waals surface area contributed by atoms with Gasteiger partial charge in [0.15, 0.2) is 5.79 Å². The minimum Gasteiger partial charge on any atom is -0.365 e. The van der Waals surface area contributed by atoms with Crippen LogP contribution in [-0.4, -0.2) is 17.5 Å². The van der Waals surface area contributed by atoms with Gasteiger partial charge in [-0.25, -0.2) is 0 Å². The average Bonchev–Trinajstić information content (AvgIpc) is 2.63. The van der Waals surface area contributed by atoms with Gasteiger partial charge in [-0.2, -0.15) is 0 Å². The minimum absolute atomic E-state index is 0.420. The molecule has 0 saturated heterocycles. The van der Waals surface area contributed by atoms with Gasteiger partial charge in [-0.15, -0.1) is 0 Å². The molecule has 1 fully saturated rings. The molecule has 1 aliphatic rings. The molecule has 1 N–H and O–H groups in total. The second-order valence-electron chi connectivity index (χ2n) is 3.67. The Morgan fingerprint density at radius 3 is 2.75 bits per heavy atom. The van der Waals surface area contributed by atoms with Crippen LogP contribution in [0.4, 0.5) is 0 Å². The van der Waals surface area contributed by atoms with E-state index < -0.39 is 5.79 Å². The summed E-state index contributed by atoms with van der Waals surface area (Å²) < 4.78 is 5.24. The van der Waals surface area contributed by atoms with Crippen molar-refractivity contribution < 1.29 is 9.84 Å². The van der Waals surface area contributed by atoms with Crippen LogP contribution in [0.1, 0.15) is 46.0 Å². The standard InChI is InChI=1S/C10H20O2/c1-3-5-6-7-9-8-10(9,11)12-4-2/h9,11H,3-8H2,1-2H3. The van der Waals surface area contributed by atoms with Crippen molar-refractivity contribution >= 4 is 0 Å². The maximum Gasteiger partial charge on any atom is 0.168 e. The summed E-state index contributed by atoms with van der Waals surface area (Å²) in [7, 11) is 0. The first kappa shape index (κ1) is 10.0. The molecule has 0 aromatic rings. The van der Waals surface area contributed by atoms with Crippen LogP contribution < -0.4 is 0 Å². The Kier molecular flexibility index (Phi) is 3.53. The molecule has 2 heteroatoms. The summed E-state index contributed by atoms with van der Waals surface area (Å²) in [6.07, 6.45) is 5.74. The second-order valence-corrected chi connectivity index (χ2v) is 3.67. The Bertz CT molecular complexity index is 136. The van der Waals surface area contributed by atoms with Gasteiger partial charge in [0.2, 0.25) is 0 Å². The average molecular weight is 172 g/mol. The van der Waals surface area contributed by atoms with Crippen molar-refractivity contribution in [3.63, 3.8) is 0 Å². The number of rotatable bonds is 6. The van der Waals surface area contributed by atoms with Crippen LogP contribution >= 0.6 is 0 Å². The van der Waals surface area contributed by atoms with Crippen LogP contribution in [0.3, 0.4) is 0 Å². The van der Waals surface area contributed by atoms with E-state index in [-0.39, 0.29) is 0 Å². The monoisotopic (exact) mass is 172 g/mol. The quantitative estimate of drug-likeness (QED) is 0.492. The van der Waals surface area contributed by atoms with Crippen LogP contribution in [0.5, 0.6) is 0 Å². The zero-order valence-corrected chi connectivity index (χ0v) is 8.18. The lowest BCUT2D eigenvalue weighted by Crippen LogP contribution is -2.15. The largest absolute Gasteiger partial charge is 0.365 e. The molecule has 2 atom stereocenters. The summed E-state index contributed by atoms with van der Waals surface area (Å²) >= 11 is 0. The van der Waals surface area contributed by atoms with Gasteiger partial charge in [-0.1, -0.05) is 26.2 Å². The van der Waals surface area contributed by atoms with Gasteiger partial charge >= 0.3 is 0 Å². The molecule has 0 amide bonds. The molecule has 12 heavy (non-hydrogen) atoms. The first-order valence-electron chi connectivity index (χ1n) is 5.09. The van der Waals surface area contributed by atoms with Gasteiger partial charge in [0.25, 0.3) is 0 Å². The minimum atomic E-state index is -0.734. The third kappa shape index (κ3) is 2.46. The molecule has 0 spiro atoms. The highest BCUT2D eigenvalue weighted by Crippen LogP contribution is 2.47. The van der Waals surface area contributed by atoms with E-state index in [0.717, 1.165) is 12.8 Å². The predicted octanol–water partition coefficient (Wildman–Crippen LogP) is 2.31. The van der Waals surface area contributed by atoms with Gasteiger partial charge in [0.1, 0.15) is 0 Å². The van der Waals surface area contributed by atoms with Crippen LogP contribution in [0.15, 0.2) is 0 Å². The molecule has 0 aromatic heterocycles. The zero-order valence-electron chi connectivity index (χ0n) is 8.18. The number of unbranched alkanes of at least 4 members (excludes halogenated alkanes) is 2. The highest BCUT2D eigenvalue weighted by atomic mass is 16.6. The molecule has 0 bridgehead atoms. The molecular formula is C10H20O2. The zero-order chi connectivity index (χ0) is 9.03. The van der Waals surface area contributed by atoms with Crippen LogP contribution in [-0.2, 0) is 4.74 Å². The van der Waals surface area contributed by atoms with E-state index in [9.17, 15) is 5.11 Å². The van der Waals surface area contributed by atoms with E-state index in [4.69, 9.17) is 4.74 Å². The van der Waals surface area contributed by atoms with E-state index in [1.165, 1.54) is 19.3 Å². The van der Waals surface area contributed by atoms with Gasteiger partial charge in [-0.05, 0) is 13.3 Å².